The number of ether oxygens (including phenoxy) is 1. The molecule has 8 heteroatoms. The summed E-state index contributed by atoms with van der Waals surface area (Å²) < 4.78 is 6.79. The SMILES string of the molecule is O=C(COc1ccc(Cl)cc1Br)N/N=C\c1cc(Br)ccc1O. The molecule has 0 saturated heterocycles. The summed E-state index contributed by atoms with van der Waals surface area (Å²) in [7, 11) is 0. The average Bonchev–Trinajstić information content (AvgIpc) is 2.50. The van der Waals surface area contributed by atoms with Crippen LogP contribution < -0.4 is 10.2 Å². The molecule has 0 radical (unpaired) electrons. The number of hydrogen-bond acceptors (Lipinski definition) is 4. The third kappa shape index (κ3) is 5.53. The molecule has 2 aromatic rings. The lowest BCUT2D eigenvalue weighted by Gasteiger charge is -2.07. The molecule has 0 bridgehead atoms. The van der Waals surface area contributed by atoms with Gasteiger partial charge in [0.15, 0.2) is 6.61 Å². The zero-order chi connectivity index (χ0) is 16.8. The van der Waals surface area contributed by atoms with E-state index in [2.05, 4.69) is 42.4 Å². The predicted molar refractivity (Wildman–Crippen MR) is 96.2 cm³/mol. The number of carbonyl (C=O) groups excluding carboxylic acids is 1. The van der Waals surface area contributed by atoms with Crippen LogP contribution >= 0.6 is 43.5 Å². The van der Waals surface area contributed by atoms with Crippen molar-refractivity contribution in [3.05, 3.63) is 55.9 Å². The Morgan fingerprint density at radius 1 is 1.30 bits per heavy atom. The van der Waals surface area contributed by atoms with E-state index in [1.165, 1.54) is 12.3 Å². The van der Waals surface area contributed by atoms with E-state index in [4.69, 9.17) is 16.3 Å². The van der Waals surface area contributed by atoms with Crippen LogP contribution in [0.5, 0.6) is 11.5 Å². The van der Waals surface area contributed by atoms with Crippen molar-refractivity contribution >= 4 is 55.6 Å². The molecule has 23 heavy (non-hydrogen) atoms. The topological polar surface area (TPSA) is 70.9 Å². The van der Waals surface area contributed by atoms with Crippen LogP contribution in [-0.2, 0) is 4.79 Å². The van der Waals surface area contributed by atoms with E-state index < -0.39 is 5.91 Å². The van der Waals surface area contributed by atoms with Gasteiger partial charge in [-0.1, -0.05) is 27.5 Å². The summed E-state index contributed by atoms with van der Waals surface area (Å²) in [4.78, 5) is 11.7. The second kappa shape index (κ2) is 8.33. The Bertz CT molecular complexity index is 753. The normalized spacial score (nSPS) is 10.7. The first kappa shape index (κ1) is 17.8. The van der Waals surface area contributed by atoms with E-state index in [1.807, 2.05) is 0 Å². The Labute approximate surface area is 154 Å². The summed E-state index contributed by atoms with van der Waals surface area (Å²) in [6, 6.07) is 9.88. The number of nitrogens with one attached hydrogen (secondary N) is 1. The highest BCUT2D eigenvalue weighted by Crippen LogP contribution is 2.27. The van der Waals surface area contributed by atoms with Gasteiger partial charge in [0, 0.05) is 15.1 Å². The van der Waals surface area contributed by atoms with Gasteiger partial charge in [0.05, 0.1) is 10.7 Å². The van der Waals surface area contributed by atoms with Crippen molar-refractivity contribution in [2.45, 2.75) is 0 Å². The molecule has 2 rings (SSSR count). The highest BCUT2D eigenvalue weighted by molar-refractivity contribution is 9.10. The molecule has 0 aliphatic rings. The summed E-state index contributed by atoms with van der Waals surface area (Å²) in [5, 5.41) is 14.0. The lowest BCUT2D eigenvalue weighted by Crippen LogP contribution is -2.24. The van der Waals surface area contributed by atoms with Crippen LogP contribution in [-0.4, -0.2) is 23.8 Å². The minimum Gasteiger partial charge on any atom is -0.507 e. The molecule has 0 aliphatic carbocycles. The highest BCUT2D eigenvalue weighted by atomic mass is 79.9. The number of rotatable bonds is 5. The number of carbonyl (C=O) groups is 1. The van der Waals surface area contributed by atoms with E-state index >= 15 is 0 Å². The number of halogens is 3. The van der Waals surface area contributed by atoms with Gasteiger partial charge in [-0.15, -0.1) is 0 Å². The Morgan fingerprint density at radius 3 is 2.83 bits per heavy atom. The number of hydrogen-bond donors (Lipinski definition) is 2. The van der Waals surface area contributed by atoms with Gasteiger partial charge in [-0.25, -0.2) is 5.43 Å². The first-order valence-corrected chi connectivity index (χ1v) is 8.30. The Balaban J connectivity index is 1.87. The smallest absolute Gasteiger partial charge is 0.277 e. The van der Waals surface area contributed by atoms with Crippen LogP contribution in [0.3, 0.4) is 0 Å². The maximum Gasteiger partial charge on any atom is 0.277 e. The molecule has 0 heterocycles. The maximum absolute atomic E-state index is 11.7. The number of amides is 1. The van der Waals surface area contributed by atoms with E-state index in [9.17, 15) is 9.90 Å². The van der Waals surface area contributed by atoms with Gasteiger partial charge in [-0.05, 0) is 52.3 Å². The summed E-state index contributed by atoms with van der Waals surface area (Å²) in [6.07, 6.45) is 1.34. The molecule has 0 fully saturated rings. The fraction of sp³-hybridized carbons (Fsp3) is 0.0667. The molecule has 2 N–H and O–H groups in total. The van der Waals surface area contributed by atoms with E-state index in [0.717, 1.165) is 4.47 Å². The standard InChI is InChI=1S/C15H11Br2ClN2O3/c16-10-1-3-13(21)9(5-10)7-19-20-15(22)8-23-14-4-2-11(18)6-12(14)17/h1-7,21H,8H2,(H,20,22)/b19-7-. The van der Waals surface area contributed by atoms with E-state index in [-0.39, 0.29) is 12.4 Å². The number of phenolic OH excluding ortho intramolecular Hbond substituents is 1. The van der Waals surface area contributed by atoms with Crippen LogP contribution in [0.25, 0.3) is 0 Å². The summed E-state index contributed by atoms with van der Waals surface area (Å²) in [5.41, 5.74) is 2.79. The minimum atomic E-state index is -0.433. The number of benzene rings is 2. The molecule has 0 atom stereocenters. The van der Waals surface area contributed by atoms with E-state index in [1.54, 1.807) is 30.3 Å². The summed E-state index contributed by atoms with van der Waals surface area (Å²) in [5.74, 6) is 0.128. The Hall–Kier alpha value is -1.57. The maximum atomic E-state index is 11.7. The van der Waals surface area contributed by atoms with E-state index in [0.29, 0.717) is 20.8 Å². The molecule has 0 unspecified atom stereocenters. The molecule has 1 amide bonds. The predicted octanol–water partition coefficient (Wildman–Crippen LogP) is 4.10. The third-order valence-electron chi connectivity index (χ3n) is 2.64. The zero-order valence-electron chi connectivity index (χ0n) is 11.6. The van der Waals surface area contributed by atoms with Crippen LogP contribution in [0.2, 0.25) is 5.02 Å². The quantitative estimate of drug-likeness (QED) is 0.519. The van der Waals surface area contributed by atoms with Gasteiger partial charge in [-0.3, -0.25) is 4.79 Å². The Kier molecular flexibility index (Phi) is 6.44. The molecule has 120 valence electrons. The third-order valence-corrected chi connectivity index (χ3v) is 3.98. The fourth-order valence-corrected chi connectivity index (χ4v) is 2.75. The molecule has 0 aromatic heterocycles. The summed E-state index contributed by atoms with van der Waals surface area (Å²) >= 11 is 12.4. The molecule has 0 saturated carbocycles. The summed E-state index contributed by atoms with van der Waals surface area (Å²) in [6.45, 7) is -0.206. The molecular formula is C15H11Br2ClN2O3. The number of phenols is 1. The molecule has 0 aliphatic heterocycles. The van der Waals surface area contributed by atoms with Gasteiger partial charge in [0.1, 0.15) is 11.5 Å². The molecule has 2 aromatic carbocycles. The number of hydrazone groups is 1. The van der Waals surface area contributed by atoms with Gasteiger partial charge in [-0.2, -0.15) is 5.10 Å². The van der Waals surface area contributed by atoms with Crippen molar-refractivity contribution in [2.24, 2.45) is 5.10 Å². The number of aromatic hydroxyl groups is 1. The largest absolute Gasteiger partial charge is 0.507 e. The minimum absolute atomic E-state index is 0.0625. The zero-order valence-corrected chi connectivity index (χ0v) is 15.5. The van der Waals surface area contributed by atoms with Crippen LogP contribution in [0.15, 0.2) is 50.4 Å². The average molecular weight is 463 g/mol. The second-order valence-electron chi connectivity index (χ2n) is 4.36. The van der Waals surface area contributed by atoms with Crippen LogP contribution in [0, 0.1) is 0 Å². The Morgan fingerprint density at radius 2 is 2.09 bits per heavy atom. The monoisotopic (exact) mass is 460 g/mol. The molecule has 0 spiro atoms. The van der Waals surface area contributed by atoms with Crippen molar-refractivity contribution < 1.29 is 14.6 Å². The van der Waals surface area contributed by atoms with Crippen LogP contribution in [0.1, 0.15) is 5.56 Å². The molecule has 5 nitrogen and oxygen atoms in total. The lowest BCUT2D eigenvalue weighted by atomic mass is 10.2. The first-order chi connectivity index (χ1) is 11.0. The van der Waals surface area contributed by atoms with Crippen molar-refractivity contribution in [1.82, 2.24) is 5.43 Å². The van der Waals surface area contributed by atoms with Gasteiger partial charge in [0.25, 0.3) is 5.91 Å². The first-order valence-electron chi connectivity index (χ1n) is 6.34. The van der Waals surface area contributed by atoms with Crippen molar-refractivity contribution in [3.8, 4) is 11.5 Å². The van der Waals surface area contributed by atoms with Crippen molar-refractivity contribution in [3.63, 3.8) is 0 Å². The van der Waals surface area contributed by atoms with Crippen molar-refractivity contribution in [2.75, 3.05) is 6.61 Å². The highest BCUT2D eigenvalue weighted by Gasteiger charge is 2.05. The van der Waals surface area contributed by atoms with Crippen LogP contribution in [0.4, 0.5) is 0 Å². The number of nitrogens with zero attached hydrogens (tertiary/aromatic N) is 1. The molecular weight excluding hydrogens is 451 g/mol. The van der Waals surface area contributed by atoms with Gasteiger partial charge >= 0.3 is 0 Å². The van der Waals surface area contributed by atoms with Gasteiger partial charge < -0.3 is 9.84 Å². The van der Waals surface area contributed by atoms with Crippen molar-refractivity contribution in [1.29, 1.82) is 0 Å². The van der Waals surface area contributed by atoms with Gasteiger partial charge in [0.2, 0.25) is 0 Å². The fourth-order valence-electron chi connectivity index (χ4n) is 1.57. The second-order valence-corrected chi connectivity index (χ2v) is 6.57. The lowest BCUT2D eigenvalue weighted by molar-refractivity contribution is -0.123.